The van der Waals surface area contributed by atoms with Crippen molar-refractivity contribution in [3.63, 3.8) is 0 Å². The molecule has 0 radical (unpaired) electrons. The molecule has 20 heavy (non-hydrogen) atoms. The molecule has 2 amide bonds. The molecule has 1 atom stereocenters. The molecule has 0 saturated carbocycles. The van der Waals surface area contributed by atoms with Crippen LogP contribution in [0.25, 0.3) is 0 Å². The Kier molecular flexibility index (Phi) is 4.39. The molecule has 1 aromatic heterocycles. The minimum Gasteiger partial charge on any atom is -0.355 e. The van der Waals surface area contributed by atoms with Crippen LogP contribution in [0, 0.1) is 6.92 Å². The van der Waals surface area contributed by atoms with Crippen molar-refractivity contribution < 1.29 is 9.59 Å². The van der Waals surface area contributed by atoms with Crippen LogP contribution < -0.4 is 10.6 Å². The van der Waals surface area contributed by atoms with Crippen molar-refractivity contribution in [2.75, 3.05) is 25.0 Å². The van der Waals surface area contributed by atoms with Crippen molar-refractivity contribution >= 4 is 17.6 Å². The number of hydrogen-bond acceptors (Lipinski definition) is 4. The summed E-state index contributed by atoms with van der Waals surface area (Å²) in [6.45, 7) is 5.30. The minimum absolute atomic E-state index is 0.0216. The number of carbonyl (C=O) groups is 2. The molecule has 2 N–H and O–H groups in total. The van der Waals surface area contributed by atoms with Gasteiger partial charge >= 0.3 is 0 Å². The van der Waals surface area contributed by atoms with E-state index in [9.17, 15) is 9.59 Å². The highest BCUT2D eigenvalue weighted by molar-refractivity contribution is 5.92. The summed E-state index contributed by atoms with van der Waals surface area (Å²) in [5.74, 6) is 0.514. The van der Waals surface area contributed by atoms with E-state index in [2.05, 4.69) is 15.7 Å². The number of nitrogens with one attached hydrogen (secondary N) is 2. The van der Waals surface area contributed by atoms with E-state index in [1.54, 1.807) is 11.7 Å². The Morgan fingerprint density at radius 3 is 3.00 bits per heavy atom. The molecule has 2 rings (SSSR count). The summed E-state index contributed by atoms with van der Waals surface area (Å²) in [5, 5.41) is 9.83. The molecule has 0 aliphatic carbocycles. The zero-order valence-corrected chi connectivity index (χ0v) is 12.1. The van der Waals surface area contributed by atoms with E-state index in [-0.39, 0.29) is 24.4 Å². The maximum absolute atomic E-state index is 12.1. The third-order valence-corrected chi connectivity index (χ3v) is 3.46. The van der Waals surface area contributed by atoms with Gasteiger partial charge in [0.1, 0.15) is 5.82 Å². The normalized spacial score (nSPS) is 20.4. The van der Waals surface area contributed by atoms with Crippen molar-refractivity contribution in [1.82, 2.24) is 20.0 Å². The van der Waals surface area contributed by atoms with Gasteiger partial charge in [-0.25, -0.2) is 0 Å². The van der Waals surface area contributed by atoms with Crippen LogP contribution in [0.5, 0.6) is 0 Å². The second-order valence-electron chi connectivity index (χ2n) is 5.13. The molecule has 110 valence electrons. The summed E-state index contributed by atoms with van der Waals surface area (Å²) < 4.78 is 1.63. The number of amides is 2. The van der Waals surface area contributed by atoms with Crippen LogP contribution in [0.3, 0.4) is 0 Å². The van der Waals surface area contributed by atoms with Gasteiger partial charge in [0.2, 0.25) is 11.8 Å². The molecule has 2 heterocycles. The molecule has 1 saturated heterocycles. The average Bonchev–Trinajstić information content (AvgIpc) is 2.61. The van der Waals surface area contributed by atoms with Gasteiger partial charge in [-0.15, -0.1) is 0 Å². The van der Waals surface area contributed by atoms with Crippen LogP contribution in [-0.2, 0) is 16.6 Å². The highest BCUT2D eigenvalue weighted by atomic mass is 16.2. The van der Waals surface area contributed by atoms with Crippen LogP contribution >= 0.6 is 0 Å². The maximum Gasteiger partial charge on any atom is 0.239 e. The standard InChI is InChI=1S/C13H21N5O2/c1-9-7-11(17(3)16-9)15-12(19)8-18-6-4-5-14-13(20)10(18)2/h7,10H,4-6,8H2,1-3H3,(H,14,20)(H,15,19)/t10-/m0/s1. The lowest BCUT2D eigenvalue weighted by Gasteiger charge is -2.24. The summed E-state index contributed by atoms with van der Waals surface area (Å²) in [6, 6.07) is 1.53. The van der Waals surface area contributed by atoms with Gasteiger partial charge in [-0.2, -0.15) is 5.10 Å². The van der Waals surface area contributed by atoms with Crippen LogP contribution in [0.2, 0.25) is 0 Å². The predicted octanol–water partition coefficient (Wildman–Crippen LogP) is -0.123. The van der Waals surface area contributed by atoms with Crippen molar-refractivity contribution in [1.29, 1.82) is 0 Å². The van der Waals surface area contributed by atoms with Crippen molar-refractivity contribution in [2.24, 2.45) is 7.05 Å². The summed E-state index contributed by atoms with van der Waals surface area (Å²) in [5.41, 5.74) is 0.852. The van der Waals surface area contributed by atoms with Crippen LogP contribution in [0.15, 0.2) is 6.07 Å². The smallest absolute Gasteiger partial charge is 0.239 e. The molecule has 1 aliphatic heterocycles. The number of carbonyl (C=O) groups excluding carboxylic acids is 2. The summed E-state index contributed by atoms with van der Waals surface area (Å²) in [7, 11) is 1.78. The average molecular weight is 279 g/mol. The molecule has 7 heteroatoms. The fourth-order valence-electron chi connectivity index (χ4n) is 2.31. The fourth-order valence-corrected chi connectivity index (χ4v) is 2.31. The van der Waals surface area contributed by atoms with Gasteiger partial charge in [-0.05, 0) is 20.3 Å². The topological polar surface area (TPSA) is 79.3 Å². The van der Waals surface area contributed by atoms with Crippen LogP contribution in [-0.4, -0.2) is 52.2 Å². The van der Waals surface area contributed by atoms with Crippen molar-refractivity contribution in [2.45, 2.75) is 26.3 Å². The van der Waals surface area contributed by atoms with Crippen molar-refractivity contribution in [3.05, 3.63) is 11.8 Å². The maximum atomic E-state index is 12.1. The van der Waals surface area contributed by atoms with E-state index in [0.29, 0.717) is 12.4 Å². The lowest BCUT2D eigenvalue weighted by molar-refractivity contribution is -0.126. The first-order valence-electron chi connectivity index (χ1n) is 6.79. The van der Waals surface area contributed by atoms with Gasteiger partial charge in [0.05, 0.1) is 18.3 Å². The second-order valence-corrected chi connectivity index (χ2v) is 5.13. The second kappa shape index (κ2) is 6.04. The molecule has 1 aromatic rings. The van der Waals surface area contributed by atoms with Gasteiger partial charge < -0.3 is 10.6 Å². The quantitative estimate of drug-likeness (QED) is 0.808. The summed E-state index contributed by atoms with van der Waals surface area (Å²) in [6.07, 6.45) is 0.855. The molecular weight excluding hydrogens is 258 g/mol. The summed E-state index contributed by atoms with van der Waals surface area (Å²) in [4.78, 5) is 25.7. The Hall–Kier alpha value is -1.89. The van der Waals surface area contributed by atoms with E-state index >= 15 is 0 Å². The zero-order valence-electron chi connectivity index (χ0n) is 12.1. The van der Waals surface area contributed by atoms with E-state index in [4.69, 9.17) is 0 Å². The monoisotopic (exact) mass is 279 g/mol. The number of aryl methyl sites for hydroxylation is 2. The van der Waals surface area contributed by atoms with Gasteiger partial charge in [0.15, 0.2) is 0 Å². The first-order chi connectivity index (χ1) is 9.47. The molecule has 0 unspecified atom stereocenters. The van der Waals surface area contributed by atoms with Crippen LogP contribution in [0.1, 0.15) is 19.0 Å². The molecular formula is C13H21N5O2. The Labute approximate surface area is 118 Å². The van der Waals surface area contributed by atoms with Gasteiger partial charge in [0.25, 0.3) is 0 Å². The lowest BCUT2D eigenvalue weighted by atomic mass is 10.2. The van der Waals surface area contributed by atoms with E-state index in [0.717, 1.165) is 18.7 Å². The van der Waals surface area contributed by atoms with Crippen molar-refractivity contribution in [3.8, 4) is 0 Å². The van der Waals surface area contributed by atoms with Gasteiger partial charge in [-0.3, -0.25) is 19.2 Å². The molecule has 0 aromatic carbocycles. The number of anilines is 1. The largest absolute Gasteiger partial charge is 0.355 e. The number of hydrogen-bond donors (Lipinski definition) is 2. The SMILES string of the molecule is Cc1cc(NC(=O)CN2CCCNC(=O)[C@@H]2C)n(C)n1. The Morgan fingerprint density at radius 2 is 2.35 bits per heavy atom. The lowest BCUT2D eigenvalue weighted by Crippen LogP contribution is -2.45. The number of nitrogens with zero attached hydrogens (tertiary/aromatic N) is 3. The van der Waals surface area contributed by atoms with E-state index in [1.807, 2.05) is 24.8 Å². The summed E-state index contributed by atoms with van der Waals surface area (Å²) >= 11 is 0. The first-order valence-corrected chi connectivity index (χ1v) is 6.79. The molecule has 0 bridgehead atoms. The highest BCUT2D eigenvalue weighted by Gasteiger charge is 2.25. The van der Waals surface area contributed by atoms with Crippen LogP contribution in [0.4, 0.5) is 5.82 Å². The Bertz CT molecular complexity index is 511. The number of aromatic nitrogens is 2. The highest BCUT2D eigenvalue weighted by Crippen LogP contribution is 2.09. The number of rotatable bonds is 3. The van der Waals surface area contributed by atoms with E-state index < -0.39 is 0 Å². The molecule has 1 aliphatic rings. The third-order valence-electron chi connectivity index (χ3n) is 3.46. The molecule has 7 nitrogen and oxygen atoms in total. The third kappa shape index (κ3) is 3.36. The Balaban J connectivity index is 1.96. The van der Waals surface area contributed by atoms with Gasteiger partial charge in [-0.1, -0.05) is 0 Å². The Morgan fingerprint density at radius 1 is 1.60 bits per heavy atom. The fraction of sp³-hybridized carbons (Fsp3) is 0.615. The zero-order chi connectivity index (χ0) is 14.7. The van der Waals surface area contributed by atoms with E-state index in [1.165, 1.54) is 0 Å². The predicted molar refractivity (Wildman–Crippen MR) is 75.2 cm³/mol. The molecule has 1 fully saturated rings. The molecule has 0 spiro atoms. The first kappa shape index (κ1) is 14.5. The minimum atomic E-state index is -0.281. The van der Waals surface area contributed by atoms with Gasteiger partial charge in [0, 0.05) is 26.2 Å².